The molecule has 1 aromatic carbocycles. The maximum atomic E-state index is 12.3. The highest BCUT2D eigenvalue weighted by Gasteiger charge is 2.23. The molecule has 2 heterocycles. The summed E-state index contributed by atoms with van der Waals surface area (Å²) in [6, 6.07) is 6.32. The first-order chi connectivity index (χ1) is 12.4. The number of nitro benzene ring substituents is 1. The lowest BCUT2D eigenvalue weighted by Gasteiger charge is -2.34. The van der Waals surface area contributed by atoms with Crippen molar-refractivity contribution < 1.29 is 9.72 Å². The zero-order valence-electron chi connectivity index (χ0n) is 14.8. The number of nitro groups is 1. The number of thiazole rings is 1. The summed E-state index contributed by atoms with van der Waals surface area (Å²) in [6.07, 6.45) is 1.21. The first-order valence-electron chi connectivity index (χ1n) is 8.63. The maximum Gasteiger partial charge on any atom is 0.270 e. The van der Waals surface area contributed by atoms with Gasteiger partial charge in [0.1, 0.15) is 0 Å². The summed E-state index contributed by atoms with van der Waals surface area (Å²) in [5.74, 6) is 1.13. The quantitative estimate of drug-likeness (QED) is 0.638. The zero-order valence-corrected chi connectivity index (χ0v) is 15.7. The summed E-state index contributed by atoms with van der Waals surface area (Å²) >= 11 is 1.32. The van der Waals surface area contributed by atoms with Crippen LogP contribution in [0.3, 0.4) is 0 Å². The lowest BCUT2D eigenvalue weighted by Crippen LogP contribution is -2.42. The number of anilines is 1. The van der Waals surface area contributed by atoms with E-state index in [2.05, 4.69) is 29.0 Å². The van der Waals surface area contributed by atoms with E-state index in [9.17, 15) is 14.9 Å². The van der Waals surface area contributed by atoms with Gasteiger partial charge in [-0.2, -0.15) is 0 Å². The largest absolute Gasteiger partial charge is 0.301 e. The molecule has 0 bridgehead atoms. The molecule has 1 aliphatic rings. The van der Waals surface area contributed by atoms with Gasteiger partial charge in [0.2, 0.25) is 5.91 Å². The molecule has 8 heteroatoms. The van der Waals surface area contributed by atoms with Crippen LogP contribution < -0.4 is 5.32 Å². The minimum absolute atomic E-state index is 0.0226. The maximum absolute atomic E-state index is 12.3. The molecule has 1 aliphatic heterocycles. The van der Waals surface area contributed by atoms with Gasteiger partial charge in [-0.1, -0.05) is 26.0 Å². The number of rotatable bonds is 5. The molecule has 0 saturated carbocycles. The Morgan fingerprint density at radius 2 is 2.12 bits per heavy atom. The average molecular weight is 374 g/mol. The Morgan fingerprint density at radius 3 is 2.81 bits per heavy atom. The van der Waals surface area contributed by atoms with Crippen molar-refractivity contribution in [3.05, 3.63) is 39.8 Å². The average Bonchev–Trinajstić information content (AvgIpc) is 3.02. The van der Waals surface area contributed by atoms with Crippen molar-refractivity contribution in [2.75, 3.05) is 25.0 Å². The van der Waals surface area contributed by atoms with E-state index < -0.39 is 4.92 Å². The Hall–Kier alpha value is -2.32. The van der Waals surface area contributed by atoms with Crippen LogP contribution >= 0.6 is 11.3 Å². The van der Waals surface area contributed by atoms with E-state index in [1.807, 2.05) is 0 Å². The molecule has 2 unspecified atom stereocenters. The standard InChI is InChI=1S/C18H22N4O3S/c1-12-6-13(2)9-21(8-12)10-17(23)20-18-19-16(11-26-18)14-4-3-5-15(7-14)22(24)25/h3-5,7,11-13H,6,8-10H2,1-2H3,(H,19,20,23). The highest BCUT2D eigenvalue weighted by molar-refractivity contribution is 7.14. The van der Waals surface area contributed by atoms with Gasteiger partial charge >= 0.3 is 0 Å². The minimum Gasteiger partial charge on any atom is -0.301 e. The number of benzene rings is 1. The second kappa shape index (κ2) is 7.92. The number of aromatic nitrogens is 1. The van der Waals surface area contributed by atoms with Gasteiger partial charge in [-0.15, -0.1) is 11.3 Å². The van der Waals surface area contributed by atoms with E-state index in [0.29, 0.717) is 34.8 Å². The van der Waals surface area contributed by atoms with E-state index in [-0.39, 0.29) is 11.6 Å². The van der Waals surface area contributed by atoms with Crippen LogP contribution in [0.2, 0.25) is 0 Å². The topological polar surface area (TPSA) is 88.4 Å². The van der Waals surface area contributed by atoms with Crippen LogP contribution in [0.15, 0.2) is 29.6 Å². The van der Waals surface area contributed by atoms with Crippen LogP contribution in [0.4, 0.5) is 10.8 Å². The first kappa shape index (κ1) is 18.5. The molecule has 1 saturated heterocycles. The van der Waals surface area contributed by atoms with Crippen LogP contribution in [0, 0.1) is 22.0 Å². The Morgan fingerprint density at radius 1 is 1.38 bits per heavy atom. The van der Waals surface area contributed by atoms with Crippen LogP contribution in [0.5, 0.6) is 0 Å². The van der Waals surface area contributed by atoms with Gasteiger partial charge in [-0.3, -0.25) is 19.8 Å². The summed E-state index contributed by atoms with van der Waals surface area (Å²) in [6.45, 7) is 6.67. The molecule has 0 aliphatic carbocycles. The van der Waals surface area contributed by atoms with Gasteiger partial charge in [0.05, 0.1) is 17.2 Å². The molecule has 2 aromatic rings. The number of carbonyl (C=O) groups is 1. The molecular weight excluding hydrogens is 352 g/mol. The fraction of sp³-hybridized carbons (Fsp3) is 0.444. The molecular formula is C18H22N4O3S. The number of piperidine rings is 1. The van der Waals surface area contributed by atoms with E-state index >= 15 is 0 Å². The van der Waals surface area contributed by atoms with E-state index in [1.165, 1.54) is 29.9 Å². The highest BCUT2D eigenvalue weighted by Crippen LogP contribution is 2.27. The van der Waals surface area contributed by atoms with Gasteiger partial charge in [0.15, 0.2) is 5.13 Å². The molecule has 1 fully saturated rings. The Bertz CT molecular complexity index is 797. The number of non-ortho nitro benzene ring substituents is 1. The summed E-state index contributed by atoms with van der Waals surface area (Å²) in [4.78, 5) is 29.3. The van der Waals surface area contributed by atoms with Crippen molar-refractivity contribution in [3.63, 3.8) is 0 Å². The van der Waals surface area contributed by atoms with Crippen molar-refractivity contribution in [1.29, 1.82) is 0 Å². The molecule has 0 spiro atoms. The van der Waals surface area contributed by atoms with Crippen molar-refractivity contribution in [3.8, 4) is 11.3 Å². The number of likely N-dealkylation sites (tertiary alicyclic amines) is 1. The Kier molecular flexibility index (Phi) is 5.63. The number of nitrogens with one attached hydrogen (secondary N) is 1. The van der Waals surface area contributed by atoms with Crippen molar-refractivity contribution >= 4 is 28.1 Å². The van der Waals surface area contributed by atoms with Gasteiger partial charge in [-0.05, 0) is 18.3 Å². The summed E-state index contributed by atoms with van der Waals surface area (Å²) in [7, 11) is 0. The van der Waals surface area contributed by atoms with E-state index in [0.717, 1.165) is 13.1 Å². The normalized spacial score (nSPS) is 20.7. The fourth-order valence-electron chi connectivity index (χ4n) is 3.53. The van der Waals surface area contributed by atoms with Crippen molar-refractivity contribution in [2.24, 2.45) is 11.8 Å². The monoisotopic (exact) mass is 374 g/mol. The number of amides is 1. The molecule has 26 heavy (non-hydrogen) atoms. The van der Waals surface area contributed by atoms with Gasteiger partial charge in [0.25, 0.3) is 5.69 Å². The second-order valence-electron chi connectivity index (χ2n) is 7.03. The summed E-state index contributed by atoms with van der Waals surface area (Å²) < 4.78 is 0. The highest BCUT2D eigenvalue weighted by atomic mass is 32.1. The lowest BCUT2D eigenvalue weighted by atomic mass is 9.92. The van der Waals surface area contributed by atoms with Gasteiger partial charge in [0, 0.05) is 36.2 Å². The van der Waals surface area contributed by atoms with Gasteiger partial charge < -0.3 is 5.32 Å². The van der Waals surface area contributed by atoms with E-state index in [1.54, 1.807) is 17.5 Å². The summed E-state index contributed by atoms with van der Waals surface area (Å²) in [5, 5.41) is 16.0. The Balaban J connectivity index is 1.62. The van der Waals surface area contributed by atoms with Crippen molar-refractivity contribution in [2.45, 2.75) is 20.3 Å². The predicted molar refractivity (Wildman–Crippen MR) is 102 cm³/mol. The first-order valence-corrected chi connectivity index (χ1v) is 9.51. The minimum atomic E-state index is -0.431. The fourth-order valence-corrected chi connectivity index (χ4v) is 4.26. The molecule has 2 atom stereocenters. The van der Waals surface area contributed by atoms with Crippen molar-refractivity contribution in [1.82, 2.24) is 9.88 Å². The molecule has 0 radical (unpaired) electrons. The van der Waals surface area contributed by atoms with Crippen LogP contribution in [-0.2, 0) is 4.79 Å². The predicted octanol–water partition coefficient (Wildman–Crippen LogP) is 3.63. The third kappa shape index (κ3) is 4.64. The SMILES string of the molecule is CC1CC(C)CN(CC(=O)Nc2nc(-c3cccc([N+](=O)[O-])c3)cs2)C1. The van der Waals surface area contributed by atoms with Crippen LogP contribution in [0.25, 0.3) is 11.3 Å². The van der Waals surface area contributed by atoms with Gasteiger partial charge in [-0.25, -0.2) is 4.98 Å². The van der Waals surface area contributed by atoms with Crippen LogP contribution in [0.1, 0.15) is 20.3 Å². The summed E-state index contributed by atoms with van der Waals surface area (Å²) in [5.41, 5.74) is 1.30. The molecule has 3 rings (SSSR count). The molecule has 7 nitrogen and oxygen atoms in total. The van der Waals surface area contributed by atoms with E-state index in [4.69, 9.17) is 0 Å². The van der Waals surface area contributed by atoms with Crippen LogP contribution in [-0.4, -0.2) is 40.3 Å². The smallest absolute Gasteiger partial charge is 0.270 e. The number of nitrogens with zero attached hydrogens (tertiary/aromatic N) is 3. The number of hydrogen-bond acceptors (Lipinski definition) is 6. The molecule has 138 valence electrons. The third-order valence-electron chi connectivity index (χ3n) is 4.41. The lowest BCUT2D eigenvalue weighted by molar-refractivity contribution is -0.384. The number of carbonyl (C=O) groups excluding carboxylic acids is 1. The molecule has 1 aromatic heterocycles. The molecule has 1 N–H and O–H groups in total. The Labute approximate surface area is 156 Å². The second-order valence-corrected chi connectivity index (χ2v) is 7.89. The molecule has 1 amide bonds. The number of hydrogen-bond donors (Lipinski definition) is 1. The third-order valence-corrected chi connectivity index (χ3v) is 5.17. The zero-order chi connectivity index (χ0) is 18.7.